The Balaban J connectivity index is 1.63. The highest BCUT2D eigenvalue weighted by Gasteiger charge is 2.26. The van der Waals surface area contributed by atoms with Crippen LogP contribution in [0.2, 0.25) is 5.02 Å². The first-order valence-corrected chi connectivity index (χ1v) is 11.4. The van der Waals surface area contributed by atoms with Gasteiger partial charge in [-0.05, 0) is 68.1 Å². The first-order chi connectivity index (χ1) is 13.8. The van der Waals surface area contributed by atoms with Crippen LogP contribution in [-0.4, -0.2) is 38.3 Å². The van der Waals surface area contributed by atoms with E-state index in [4.69, 9.17) is 16.3 Å². The van der Waals surface area contributed by atoms with E-state index in [1.54, 1.807) is 31.2 Å². The SMILES string of the molecule is Cc1ccc(NC(=O)COc2ccc(S(=O)(=O)N3CCCCC3)cc2C)cc1Cl. The lowest BCUT2D eigenvalue weighted by atomic mass is 10.2. The summed E-state index contributed by atoms with van der Waals surface area (Å²) in [5, 5.41) is 3.30. The van der Waals surface area contributed by atoms with E-state index in [2.05, 4.69) is 5.32 Å². The summed E-state index contributed by atoms with van der Waals surface area (Å²) in [6.07, 6.45) is 2.84. The molecule has 1 heterocycles. The van der Waals surface area contributed by atoms with Gasteiger partial charge in [-0.2, -0.15) is 4.31 Å². The van der Waals surface area contributed by atoms with Crippen molar-refractivity contribution in [3.05, 3.63) is 52.5 Å². The second-order valence-corrected chi connectivity index (χ2v) is 9.54. The van der Waals surface area contributed by atoms with Crippen molar-refractivity contribution in [3.63, 3.8) is 0 Å². The Kier molecular flexibility index (Phi) is 6.82. The Bertz CT molecular complexity index is 1000. The fraction of sp³-hybridized carbons (Fsp3) is 0.381. The largest absolute Gasteiger partial charge is 0.483 e. The van der Waals surface area contributed by atoms with E-state index in [0.717, 1.165) is 24.8 Å². The number of hydrogen-bond acceptors (Lipinski definition) is 4. The number of benzene rings is 2. The van der Waals surface area contributed by atoms with Crippen molar-refractivity contribution in [2.45, 2.75) is 38.0 Å². The smallest absolute Gasteiger partial charge is 0.262 e. The van der Waals surface area contributed by atoms with E-state index in [-0.39, 0.29) is 17.4 Å². The second kappa shape index (κ2) is 9.15. The summed E-state index contributed by atoms with van der Waals surface area (Å²) in [5.41, 5.74) is 2.18. The van der Waals surface area contributed by atoms with Gasteiger partial charge in [-0.25, -0.2) is 8.42 Å². The van der Waals surface area contributed by atoms with Gasteiger partial charge in [-0.1, -0.05) is 24.1 Å². The highest BCUT2D eigenvalue weighted by Crippen LogP contribution is 2.26. The maximum absolute atomic E-state index is 12.8. The molecule has 1 amide bonds. The molecule has 0 spiro atoms. The number of aryl methyl sites for hydroxylation is 2. The third-order valence-electron chi connectivity index (χ3n) is 4.91. The van der Waals surface area contributed by atoms with Crippen LogP contribution in [0.15, 0.2) is 41.3 Å². The monoisotopic (exact) mass is 436 g/mol. The molecule has 0 saturated carbocycles. The number of nitrogens with one attached hydrogen (secondary N) is 1. The summed E-state index contributed by atoms with van der Waals surface area (Å²) < 4.78 is 32.7. The average Bonchev–Trinajstić information content (AvgIpc) is 2.70. The molecule has 1 aliphatic rings. The fourth-order valence-electron chi connectivity index (χ4n) is 3.21. The lowest BCUT2D eigenvalue weighted by Gasteiger charge is -2.26. The number of hydrogen-bond donors (Lipinski definition) is 1. The third-order valence-corrected chi connectivity index (χ3v) is 7.22. The van der Waals surface area contributed by atoms with Crippen molar-refractivity contribution in [3.8, 4) is 5.75 Å². The minimum Gasteiger partial charge on any atom is -0.483 e. The number of piperidine rings is 1. The molecule has 0 atom stereocenters. The van der Waals surface area contributed by atoms with Crippen molar-refractivity contribution >= 4 is 33.2 Å². The molecule has 0 radical (unpaired) electrons. The quantitative estimate of drug-likeness (QED) is 0.738. The van der Waals surface area contributed by atoms with E-state index < -0.39 is 10.0 Å². The third kappa shape index (κ3) is 5.29. The van der Waals surface area contributed by atoms with E-state index in [0.29, 0.717) is 35.1 Å². The van der Waals surface area contributed by atoms with Crippen LogP contribution in [0.4, 0.5) is 5.69 Å². The van der Waals surface area contributed by atoms with Gasteiger partial charge in [-0.3, -0.25) is 4.79 Å². The molecule has 1 aliphatic heterocycles. The van der Waals surface area contributed by atoms with Crippen LogP contribution in [0.1, 0.15) is 30.4 Å². The van der Waals surface area contributed by atoms with Gasteiger partial charge < -0.3 is 10.1 Å². The van der Waals surface area contributed by atoms with E-state index in [9.17, 15) is 13.2 Å². The predicted molar refractivity (Wildman–Crippen MR) is 114 cm³/mol. The lowest BCUT2D eigenvalue weighted by Crippen LogP contribution is -2.35. The summed E-state index contributed by atoms with van der Waals surface area (Å²) in [4.78, 5) is 12.4. The average molecular weight is 437 g/mol. The summed E-state index contributed by atoms with van der Waals surface area (Å²) >= 11 is 6.06. The normalized spacial score (nSPS) is 15.1. The molecule has 1 saturated heterocycles. The molecular formula is C21H25ClN2O4S. The molecule has 0 bridgehead atoms. The molecule has 156 valence electrons. The molecule has 2 aromatic carbocycles. The fourth-order valence-corrected chi connectivity index (χ4v) is 4.99. The number of amides is 1. The number of anilines is 1. The summed E-state index contributed by atoms with van der Waals surface area (Å²) in [6, 6.07) is 10.00. The maximum Gasteiger partial charge on any atom is 0.262 e. The van der Waals surface area contributed by atoms with Crippen molar-refractivity contribution < 1.29 is 17.9 Å². The van der Waals surface area contributed by atoms with Crippen LogP contribution in [0.5, 0.6) is 5.75 Å². The molecule has 0 aliphatic carbocycles. The summed E-state index contributed by atoms with van der Waals surface area (Å²) in [5.74, 6) is 0.147. The highest BCUT2D eigenvalue weighted by atomic mass is 35.5. The molecule has 8 heteroatoms. The number of ether oxygens (including phenoxy) is 1. The van der Waals surface area contributed by atoms with Gasteiger partial charge in [0.2, 0.25) is 10.0 Å². The Labute approximate surface area is 176 Å². The number of carbonyl (C=O) groups excluding carboxylic acids is 1. The van der Waals surface area contributed by atoms with Crippen LogP contribution in [-0.2, 0) is 14.8 Å². The summed E-state index contributed by atoms with van der Waals surface area (Å²) in [7, 11) is -3.49. The van der Waals surface area contributed by atoms with Crippen molar-refractivity contribution in [1.29, 1.82) is 0 Å². The zero-order valence-electron chi connectivity index (χ0n) is 16.6. The first-order valence-electron chi connectivity index (χ1n) is 9.57. The van der Waals surface area contributed by atoms with Crippen LogP contribution in [0.3, 0.4) is 0 Å². The van der Waals surface area contributed by atoms with E-state index in [1.807, 2.05) is 13.0 Å². The molecule has 2 aromatic rings. The topological polar surface area (TPSA) is 75.7 Å². The zero-order chi connectivity index (χ0) is 21.0. The van der Waals surface area contributed by atoms with Crippen molar-refractivity contribution in [1.82, 2.24) is 4.31 Å². The van der Waals surface area contributed by atoms with Crippen molar-refractivity contribution in [2.75, 3.05) is 25.0 Å². The van der Waals surface area contributed by atoms with Gasteiger partial charge in [0.1, 0.15) is 5.75 Å². The Morgan fingerprint density at radius 3 is 2.45 bits per heavy atom. The summed E-state index contributed by atoms with van der Waals surface area (Å²) in [6.45, 7) is 4.58. The molecule has 3 rings (SSSR count). The predicted octanol–water partition coefficient (Wildman–Crippen LogP) is 4.15. The van der Waals surface area contributed by atoms with E-state index >= 15 is 0 Å². The zero-order valence-corrected chi connectivity index (χ0v) is 18.1. The molecule has 0 aromatic heterocycles. The van der Waals surface area contributed by atoms with Gasteiger partial charge in [0.05, 0.1) is 4.90 Å². The molecule has 29 heavy (non-hydrogen) atoms. The Morgan fingerprint density at radius 2 is 1.79 bits per heavy atom. The Morgan fingerprint density at radius 1 is 1.07 bits per heavy atom. The van der Waals surface area contributed by atoms with Gasteiger partial charge >= 0.3 is 0 Å². The number of carbonyl (C=O) groups is 1. The molecule has 1 N–H and O–H groups in total. The molecule has 0 unspecified atom stereocenters. The Hall–Kier alpha value is -2.09. The second-order valence-electron chi connectivity index (χ2n) is 7.19. The van der Waals surface area contributed by atoms with Crippen LogP contribution in [0.25, 0.3) is 0 Å². The molecule has 1 fully saturated rings. The first kappa shape index (κ1) is 21.6. The van der Waals surface area contributed by atoms with Gasteiger partial charge in [-0.15, -0.1) is 0 Å². The van der Waals surface area contributed by atoms with Crippen molar-refractivity contribution in [2.24, 2.45) is 0 Å². The maximum atomic E-state index is 12.8. The lowest BCUT2D eigenvalue weighted by molar-refractivity contribution is -0.118. The van der Waals surface area contributed by atoms with Crippen LogP contribution in [0, 0.1) is 13.8 Å². The number of sulfonamides is 1. The molecule has 6 nitrogen and oxygen atoms in total. The minimum atomic E-state index is -3.49. The van der Waals surface area contributed by atoms with Gasteiger partial charge in [0, 0.05) is 23.8 Å². The van der Waals surface area contributed by atoms with Gasteiger partial charge in [0.15, 0.2) is 6.61 Å². The number of halogens is 1. The van der Waals surface area contributed by atoms with Crippen LogP contribution < -0.4 is 10.1 Å². The highest BCUT2D eigenvalue weighted by molar-refractivity contribution is 7.89. The number of nitrogens with zero attached hydrogens (tertiary/aromatic N) is 1. The van der Waals surface area contributed by atoms with Crippen LogP contribution >= 0.6 is 11.6 Å². The minimum absolute atomic E-state index is 0.190. The number of rotatable bonds is 6. The van der Waals surface area contributed by atoms with E-state index in [1.165, 1.54) is 10.4 Å². The molecular weight excluding hydrogens is 412 g/mol. The van der Waals surface area contributed by atoms with Gasteiger partial charge in [0.25, 0.3) is 5.91 Å². The standard InChI is InChI=1S/C21H25ClN2O4S/c1-15-6-7-17(13-19(15)22)23-21(25)14-28-20-9-8-18(12-16(20)2)29(26,27)24-10-4-3-5-11-24/h6-9,12-13H,3-5,10-11,14H2,1-2H3,(H,23,25).